The molecule has 2 aliphatic rings. The molecule has 1 aliphatic carbocycles. The Morgan fingerprint density at radius 1 is 1.07 bits per heavy atom. The fraction of sp³-hybridized carbons (Fsp3) is 0.350. The molecule has 0 bridgehead atoms. The van der Waals surface area contributed by atoms with E-state index >= 15 is 0 Å². The quantitative estimate of drug-likeness (QED) is 0.528. The smallest absolute Gasteiger partial charge is 0.352 e. The van der Waals surface area contributed by atoms with E-state index in [0.717, 1.165) is 54.8 Å². The van der Waals surface area contributed by atoms with Crippen LogP contribution >= 0.6 is 11.8 Å². The molecule has 7 heteroatoms. The number of rotatable bonds is 2. The minimum Gasteiger partial charge on any atom is -0.352 e. The second-order valence-corrected chi connectivity index (χ2v) is 8.03. The third-order valence-electron chi connectivity index (χ3n) is 5.03. The van der Waals surface area contributed by atoms with Gasteiger partial charge in [-0.25, -0.2) is 0 Å². The van der Waals surface area contributed by atoms with E-state index in [1.807, 2.05) is 24.3 Å². The Bertz CT molecular complexity index is 876. The number of fused-ring (bicyclic) bond motifs is 2. The van der Waals surface area contributed by atoms with Gasteiger partial charge in [0.05, 0.1) is 22.6 Å². The fourth-order valence-corrected chi connectivity index (χ4v) is 4.66. The molecule has 1 fully saturated rings. The summed E-state index contributed by atoms with van der Waals surface area (Å²) in [5.41, 5.74) is 0.782. The lowest BCUT2D eigenvalue weighted by Gasteiger charge is -2.26. The van der Waals surface area contributed by atoms with Gasteiger partial charge in [0, 0.05) is 15.7 Å². The third-order valence-corrected chi connectivity index (χ3v) is 6.15. The van der Waals surface area contributed by atoms with Crippen molar-refractivity contribution in [3.05, 3.63) is 42.0 Å². The number of amides is 1. The normalized spacial score (nSPS) is 16.9. The highest BCUT2D eigenvalue weighted by Crippen LogP contribution is 2.49. The Kier molecular flexibility index (Phi) is 4.80. The first-order valence-electron chi connectivity index (χ1n) is 9.02. The molecule has 1 saturated carbocycles. The zero-order chi connectivity index (χ0) is 19.0. The molecule has 142 valence electrons. The zero-order valence-electron chi connectivity index (χ0n) is 14.5. The molecule has 3 nitrogen and oxygen atoms in total. The second-order valence-electron chi connectivity index (χ2n) is 6.94. The van der Waals surface area contributed by atoms with Crippen LogP contribution in [0.5, 0.6) is 0 Å². The summed E-state index contributed by atoms with van der Waals surface area (Å²) < 4.78 is 40.2. The number of carbonyl (C=O) groups excluding carboxylic acids is 1. The number of para-hydroxylation sites is 1. The van der Waals surface area contributed by atoms with Gasteiger partial charge in [0.25, 0.3) is 0 Å². The largest absolute Gasteiger partial charge is 0.416 e. The Balaban J connectivity index is 1.70. The number of carbonyl (C=O) groups is 1. The van der Waals surface area contributed by atoms with Crippen LogP contribution in [0.2, 0.25) is 0 Å². The number of halogens is 3. The van der Waals surface area contributed by atoms with Crippen LogP contribution in [0.3, 0.4) is 0 Å². The second kappa shape index (κ2) is 7.11. The SMILES string of the molecule is O=C(Nc1cc(C(F)(F)F)cc2c1Nc1ccccc1S2)C1CCCCC1. The Hall–Kier alpha value is -2.15. The average Bonchev–Trinajstić information content (AvgIpc) is 2.66. The number of alkyl halides is 3. The van der Waals surface area contributed by atoms with Crippen molar-refractivity contribution in [1.29, 1.82) is 0 Å². The van der Waals surface area contributed by atoms with Crippen molar-refractivity contribution in [1.82, 2.24) is 0 Å². The summed E-state index contributed by atoms with van der Waals surface area (Å²) in [4.78, 5) is 13.9. The van der Waals surface area contributed by atoms with Crippen molar-refractivity contribution < 1.29 is 18.0 Å². The molecule has 1 heterocycles. The zero-order valence-corrected chi connectivity index (χ0v) is 15.3. The van der Waals surface area contributed by atoms with Gasteiger partial charge in [0.2, 0.25) is 5.91 Å². The summed E-state index contributed by atoms with van der Waals surface area (Å²) in [5, 5.41) is 5.96. The van der Waals surface area contributed by atoms with Crippen molar-refractivity contribution in [3.8, 4) is 0 Å². The van der Waals surface area contributed by atoms with Gasteiger partial charge in [-0.3, -0.25) is 4.79 Å². The molecule has 27 heavy (non-hydrogen) atoms. The highest BCUT2D eigenvalue weighted by atomic mass is 32.2. The molecule has 0 spiro atoms. The van der Waals surface area contributed by atoms with E-state index in [9.17, 15) is 18.0 Å². The topological polar surface area (TPSA) is 41.1 Å². The van der Waals surface area contributed by atoms with E-state index in [1.54, 1.807) is 0 Å². The maximum Gasteiger partial charge on any atom is 0.416 e. The van der Waals surface area contributed by atoms with E-state index < -0.39 is 11.7 Å². The molecule has 0 saturated heterocycles. The number of hydrogen-bond donors (Lipinski definition) is 2. The van der Waals surface area contributed by atoms with Gasteiger partial charge >= 0.3 is 6.18 Å². The predicted octanol–water partition coefficient (Wildman–Crippen LogP) is 6.43. The summed E-state index contributed by atoms with van der Waals surface area (Å²) in [7, 11) is 0. The molecule has 0 aromatic heterocycles. The van der Waals surface area contributed by atoms with Crippen molar-refractivity contribution in [2.75, 3.05) is 10.6 Å². The number of benzene rings is 2. The lowest BCUT2D eigenvalue weighted by Crippen LogP contribution is -2.25. The molecule has 0 unspecified atom stereocenters. The number of nitrogens with one attached hydrogen (secondary N) is 2. The summed E-state index contributed by atoms with van der Waals surface area (Å²) in [6.45, 7) is 0. The highest BCUT2D eigenvalue weighted by molar-refractivity contribution is 7.99. The number of hydrogen-bond acceptors (Lipinski definition) is 3. The Morgan fingerprint density at radius 3 is 2.56 bits per heavy atom. The highest BCUT2D eigenvalue weighted by Gasteiger charge is 2.34. The number of anilines is 3. The van der Waals surface area contributed by atoms with E-state index in [0.29, 0.717) is 10.6 Å². The molecule has 1 aliphatic heterocycles. The van der Waals surface area contributed by atoms with Gasteiger partial charge in [-0.2, -0.15) is 13.2 Å². The molecule has 1 amide bonds. The summed E-state index contributed by atoms with van der Waals surface area (Å²) in [5.74, 6) is -0.325. The monoisotopic (exact) mass is 392 g/mol. The lowest BCUT2D eigenvalue weighted by molar-refractivity contribution is -0.137. The van der Waals surface area contributed by atoms with Crippen LogP contribution in [-0.2, 0) is 11.0 Å². The minimum atomic E-state index is -4.48. The van der Waals surface area contributed by atoms with Crippen molar-refractivity contribution in [2.45, 2.75) is 48.1 Å². The van der Waals surface area contributed by atoms with E-state index in [-0.39, 0.29) is 17.5 Å². The standard InChI is InChI=1S/C20H19F3N2OS/c21-20(22,23)13-10-15(25-19(26)12-6-2-1-3-7-12)18-17(11-13)27-16-9-5-4-8-14(16)24-18/h4-5,8-12,24H,1-3,6-7H2,(H,25,26). The summed E-state index contributed by atoms with van der Waals surface area (Å²) in [6.07, 6.45) is 0.186. The van der Waals surface area contributed by atoms with E-state index in [4.69, 9.17) is 0 Å². The van der Waals surface area contributed by atoms with Gasteiger partial charge in [-0.1, -0.05) is 43.2 Å². The van der Waals surface area contributed by atoms with Gasteiger partial charge < -0.3 is 10.6 Å². The minimum absolute atomic E-state index is 0.132. The van der Waals surface area contributed by atoms with E-state index in [1.165, 1.54) is 11.8 Å². The fourth-order valence-electron chi connectivity index (χ4n) is 3.60. The average molecular weight is 392 g/mol. The first-order chi connectivity index (χ1) is 12.9. The molecule has 2 aromatic carbocycles. The molecular formula is C20H19F3N2OS. The first-order valence-corrected chi connectivity index (χ1v) is 9.83. The lowest BCUT2D eigenvalue weighted by atomic mass is 9.88. The van der Waals surface area contributed by atoms with Crippen LogP contribution < -0.4 is 10.6 Å². The van der Waals surface area contributed by atoms with Crippen molar-refractivity contribution in [3.63, 3.8) is 0 Å². The first kappa shape index (κ1) is 18.2. The maximum atomic E-state index is 13.4. The van der Waals surface area contributed by atoms with Gasteiger partial charge in [0.1, 0.15) is 0 Å². The summed E-state index contributed by atoms with van der Waals surface area (Å²) >= 11 is 1.28. The third kappa shape index (κ3) is 3.78. The molecule has 0 radical (unpaired) electrons. The Labute approximate surface area is 159 Å². The van der Waals surface area contributed by atoms with Crippen LogP contribution in [0.1, 0.15) is 37.7 Å². The van der Waals surface area contributed by atoms with Gasteiger partial charge in [-0.15, -0.1) is 0 Å². The van der Waals surface area contributed by atoms with Crippen molar-refractivity contribution >= 4 is 34.7 Å². The van der Waals surface area contributed by atoms with Crippen LogP contribution in [-0.4, -0.2) is 5.91 Å². The molecule has 2 aromatic rings. The molecule has 0 atom stereocenters. The predicted molar refractivity (Wildman–Crippen MR) is 100 cm³/mol. The van der Waals surface area contributed by atoms with Gasteiger partial charge in [0.15, 0.2) is 0 Å². The van der Waals surface area contributed by atoms with Gasteiger partial charge in [-0.05, 0) is 37.1 Å². The summed E-state index contributed by atoms with van der Waals surface area (Å²) in [6, 6.07) is 9.60. The molecular weight excluding hydrogens is 373 g/mol. The van der Waals surface area contributed by atoms with Crippen LogP contribution in [0.4, 0.5) is 30.2 Å². The Morgan fingerprint density at radius 2 is 1.81 bits per heavy atom. The molecule has 4 rings (SSSR count). The van der Waals surface area contributed by atoms with Crippen LogP contribution in [0.25, 0.3) is 0 Å². The maximum absolute atomic E-state index is 13.4. The van der Waals surface area contributed by atoms with E-state index in [2.05, 4.69) is 10.6 Å². The van der Waals surface area contributed by atoms with Crippen LogP contribution in [0, 0.1) is 5.92 Å². The van der Waals surface area contributed by atoms with Crippen molar-refractivity contribution in [2.24, 2.45) is 5.92 Å². The molecule has 2 N–H and O–H groups in total. The van der Waals surface area contributed by atoms with Crippen LogP contribution in [0.15, 0.2) is 46.2 Å².